The summed E-state index contributed by atoms with van der Waals surface area (Å²) in [5, 5.41) is 3.59. The van der Waals surface area contributed by atoms with Crippen molar-refractivity contribution in [3.8, 4) is 0 Å². The fourth-order valence-electron chi connectivity index (χ4n) is 0.322. The van der Waals surface area contributed by atoms with Crippen molar-refractivity contribution in [2.75, 3.05) is 5.75 Å². The van der Waals surface area contributed by atoms with Crippen LogP contribution in [0.15, 0.2) is 10.4 Å². The van der Waals surface area contributed by atoms with Crippen LogP contribution in [0.2, 0.25) is 0 Å². The van der Waals surface area contributed by atoms with Crippen LogP contribution < -0.4 is 0 Å². The van der Waals surface area contributed by atoms with Crippen molar-refractivity contribution in [3.05, 3.63) is 6.20 Å². The van der Waals surface area contributed by atoms with Crippen LogP contribution >= 0.6 is 23.3 Å². The van der Waals surface area contributed by atoms with Gasteiger partial charge in [0.25, 0.3) is 0 Å². The second-order valence-corrected chi connectivity index (χ2v) is 3.23. The lowest BCUT2D eigenvalue weighted by molar-refractivity contribution is 0.560. The summed E-state index contributed by atoms with van der Waals surface area (Å²) in [4.78, 5) is 9.72. The largest absolute Gasteiger partial charge is 0.290 e. The minimum atomic E-state index is 0.365. The van der Waals surface area contributed by atoms with E-state index in [9.17, 15) is 4.79 Å². The van der Waals surface area contributed by atoms with E-state index >= 15 is 0 Å². The van der Waals surface area contributed by atoms with Crippen molar-refractivity contribution in [1.29, 1.82) is 0 Å². The third-order valence-corrected chi connectivity index (χ3v) is 2.30. The summed E-state index contributed by atoms with van der Waals surface area (Å²) in [7, 11) is 0. The minimum absolute atomic E-state index is 0.365. The Morgan fingerprint density at radius 2 is 2.78 bits per heavy atom. The van der Waals surface area contributed by atoms with E-state index < -0.39 is 0 Å². The van der Waals surface area contributed by atoms with Gasteiger partial charge in [0.05, 0.1) is 11.9 Å². The fraction of sp³-hybridized carbons (Fsp3) is 0.250. The minimum Gasteiger partial charge on any atom is -0.290 e. The lowest BCUT2D eigenvalue weighted by Crippen LogP contribution is -1.73. The second kappa shape index (κ2) is 3.58. The number of hydrogen-bond acceptors (Lipinski definition) is 5. The van der Waals surface area contributed by atoms with Gasteiger partial charge >= 0.3 is 0 Å². The molecule has 1 aromatic rings. The first-order chi connectivity index (χ1) is 4.43. The summed E-state index contributed by atoms with van der Waals surface area (Å²) >= 11 is 2.68. The predicted octanol–water partition coefficient (Wildman–Crippen LogP) is 0.740. The Morgan fingerprint density at radius 3 is 3.33 bits per heavy atom. The molecule has 1 heterocycles. The van der Waals surface area contributed by atoms with E-state index in [1.54, 1.807) is 12.5 Å². The highest BCUT2D eigenvalue weighted by Crippen LogP contribution is 2.18. The third-order valence-electron chi connectivity index (χ3n) is 0.614. The van der Waals surface area contributed by atoms with Crippen molar-refractivity contribution >= 4 is 29.6 Å². The molecular weight excluding hydrogens is 156 g/mol. The Hall–Kier alpha value is -0.420. The summed E-state index contributed by atoms with van der Waals surface area (Å²) in [6.45, 7) is 0. The van der Waals surface area contributed by atoms with Gasteiger partial charge in [0.2, 0.25) is 6.29 Å². The number of hydrogen-bond donors (Lipinski definition) is 0. The number of rotatable bonds is 3. The summed E-state index contributed by atoms with van der Waals surface area (Å²) < 4.78 is 4.57. The van der Waals surface area contributed by atoms with Gasteiger partial charge in [-0.2, -0.15) is 0 Å². The van der Waals surface area contributed by atoms with Gasteiger partial charge in [-0.3, -0.25) is 4.79 Å². The van der Waals surface area contributed by atoms with E-state index in [-0.39, 0.29) is 0 Å². The molecule has 0 amide bonds. The van der Waals surface area contributed by atoms with Gasteiger partial charge in [-0.25, -0.2) is 0 Å². The molecule has 0 atom stereocenters. The molecule has 47 valence electrons. The number of carbonyl (C=O) groups excluding carboxylic acids is 1. The maximum absolute atomic E-state index is 9.72. The SMILES string of the molecule is O=[C]CSc1cnns1. The predicted molar refractivity (Wildman–Crippen MR) is 36.3 cm³/mol. The lowest BCUT2D eigenvalue weighted by Gasteiger charge is -1.81. The molecule has 0 saturated carbocycles. The van der Waals surface area contributed by atoms with Crippen LogP contribution in [0, 0.1) is 0 Å². The summed E-state index contributed by atoms with van der Waals surface area (Å²) in [6, 6.07) is 0. The first-order valence-corrected chi connectivity index (χ1v) is 3.94. The molecular formula is C4H3N2OS2. The number of nitrogens with zero attached hydrogens (tertiary/aromatic N) is 2. The Bertz CT molecular complexity index is 175. The van der Waals surface area contributed by atoms with Crippen LogP contribution in [0.1, 0.15) is 0 Å². The maximum atomic E-state index is 9.72. The van der Waals surface area contributed by atoms with E-state index in [1.807, 2.05) is 0 Å². The highest BCUT2D eigenvalue weighted by atomic mass is 32.2. The summed E-state index contributed by atoms with van der Waals surface area (Å²) in [5.41, 5.74) is 0. The molecule has 5 heteroatoms. The zero-order valence-corrected chi connectivity index (χ0v) is 6.04. The smallest absolute Gasteiger partial charge is 0.209 e. The molecule has 0 spiro atoms. The number of thioether (sulfide) groups is 1. The molecule has 0 fully saturated rings. The zero-order chi connectivity index (χ0) is 6.53. The molecule has 0 aliphatic heterocycles. The zero-order valence-electron chi connectivity index (χ0n) is 4.40. The van der Waals surface area contributed by atoms with Gasteiger partial charge in [0.1, 0.15) is 4.21 Å². The number of aromatic nitrogens is 2. The van der Waals surface area contributed by atoms with Crippen molar-refractivity contribution < 1.29 is 4.79 Å². The molecule has 0 aromatic carbocycles. The van der Waals surface area contributed by atoms with Crippen LogP contribution in [0.3, 0.4) is 0 Å². The summed E-state index contributed by atoms with van der Waals surface area (Å²) in [5.74, 6) is 0.365. The average molecular weight is 159 g/mol. The van der Waals surface area contributed by atoms with Crippen LogP contribution in [-0.4, -0.2) is 21.6 Å². The topological polar surface area (TPSA) is 42.9 Å². The van der Waals surface area contributed by atoms with Crippen molar-refractivity contribution in [2.24, 2.45) is 0 Å². The molecule has 0 unspecified atom stereocenters. The van der Waals surface area contributed by atoms with E-state index in [4.69, 9.17) is 0 Å². The molecule has 0 N–H and O–H groups in total. The molecule has 0 bridgehead atoms. The maximum Gasteiger partial charge on any atom is 0.209 e. The van der Waals surface area contributed by atoms with Crippen molar-refractivity contribution in [3.63, 3.8) is 0 Å². The van der Waals surface area contributed by atoms with E-state index in [1.165, 1.54) is 23.3 Å². The first kappa shape index (κ1) is 6.70. The molecule has 1 radical (unpaired) electrons. The highest BCUT2D eigenvalue weighted by Gasteiger charge is 1.93. The van der Waals surface area contributed by atoms with Crippen LogP contribution in [-0.2, 0) is 4.79 Å². The third kappa shape index (κ3) is 2.11. The highest BCUT2D eigenvalue weighted by molar-refractivity contribution is 8.01. The molecule has 0 aliphatic rings. The molecule has 9 heavy (non-hydrogen) atoms. The summed E-state index contributed by atoms with van der Waals surface area (Å²) in [6.07, 6.45) is 3.40. The Kier molecular flexibility index (Phi) is 2.66. The van der Waals surface area contributed by atoms with Gasteiger partial charge in [0, 0.05) is 0 Å². The van der Waals surface area contributed by atoms with E-state index in [0.717, 1.165) is 4.21 Å². The quantitative estimate of drug-likeness (QED) is 0.610. The fourth-order valence-corrected chi connectivity index (χ4v) is 1.40. The molecule has 0 saturated heterocycles. The van der Waals surface area contributed by atoms with Crippen LogP contribution in [0.4, 0.5) is 0 Å². The normalized spacial score (nSPS) is 9.33. The monoisotopic (exact) mass is 159 g/mol. The van der Waals surface area contributed by atoms with Gasteiger partial charge in [-0.1, -0.05) is 4.49 Å². The van der Waals surface area contributed by atoms with Gasteiger partial charge in [0.15, 0.2) is 0 Å². The second-order valence-electron chi connectivity index (χ2n) is 1.17. The van der Waals surface area contributed by atoms with Gasteiger partial charge < -0.3 is 0 Å². The van der Waals surface area contributed by atoms with Crippen LogP contribution in [0.5, 0.6) is 0 Å². The van der Waals surface area contributed by atoms with E-state index in [0.29, 0.717) is 5.75 Å². The lowest BCUT2D eigenvalue weighted by atomic mass is 10.9. The molecule has 1 rings (SSSR count). The Labute approximate surface area is 60.6 Å². The Balaban J connectivity index is 2.38. The van der Waals surface area contributed by atoms with Gasteiger partial charge in [-0.15, -0.1) is 16.9 Å². The molecule has 1 aromatic heterocycles. The standard InChI is InChI=1S/C4H3N2OS2/c7-1-2-8-4-3-5-6-9-4/h3H,2H2. The van der Waals surface area contributed by atoms with Crippen molar-refractivity contribution in [2.45, 2.75) is 4.21 Å². The molecule has 0 aliphatic carbocycles. The average Bonchev–Trinajstić information content (AvgIpc) is 2.34. The first-order valence-electron chi connectivity index (χ1n) is 2.18. The van der Waals surface area contributed by atoms with Crippen molar-refractivity contribution in [1.82, 2.24) is 9.59 Å². The Morgan fingerprint density at radius 1 is 1.89 bits per heavy atom. The molecule has 3 nitrogen and oxygen atoms in total. The van der Waals surface area contributed by atoms with Gasteiger partial charge in [-0.05, 0) is 11.5 Å². The van der Waals surface area contributed by atoms with Crippen LogP contribution in [0.25, 0.3) is 0 Å². The van der Waals surface area contributed by atoms with E-state index in [2.05, 4.69) is 9.59 Å².